The minimum absolute atomic E-state index is 0.212. The predicted molar refractivity (Wildman–Crippen MR) is 106 cm³/mol. The van der Waals surface area contributed by atoms with Gasteiger partial charge in [-0.3, -0.25) is 4.79 Å². The molecule has 0 spiro atoms. The van der Waals surface area contributed by atoms with E-state index >= 15 is 0 Å². The van der Waals surface area contributed by atoms with Gasteiger partial charge in [-0.1, -0.05) is 30.3 Å². The number of aromatic nitrogens is 3. The van der Waals surface area contributed by atoms with Gasteiger partial charge in [0.25, 0.3) is 5.56 Å². The van der Waals surface area contributed by atoms with Gasteiger partial charge in [0.1, 0.15) is 5.52 Å². The number of aryl methyl sites for hydroxylation is 2. The third-order valence-corrected chi connectivity index (χ3v) is 4.33. The second-order valence-corrected chi connectivity index (χ2v) is 6.67. The molecule has 140 valence electrons. The molecule has 0 fully saturated rings. The van der Waals surface area contributed by atoms with Crippen molar-refractivity contribution in [3.8, 4) is 0 Å². The van der Waals surface area contributed by atoms with Crippen LogP contribution in [0.1, 0.15) is 24.5 Å². The molecule has 2 aromatic carbocycles. The van der Waals surface area contributed by atoms with Crippen molar-refractivity contribution < 1.29 is 4.79 Å². The Bertz CT molecular complexity index is 1010. The number of benzene rings is 2. The summed E-state index contributed by atoms with van der Waals surface area (Å²) in [4.78, 5) is 24.9. The van der Waals surface area contributed by atoms with Gasteiger partial charge < -0.3 is 10.6 Å². The smallest absolute Gasteiger partial charge is 0.319 e. The number of fused-ring (bicyclic) bond motifs is 1. The molecule has 0 bridgehead atoms. The van der Waals surface area contributed by atoms with Crippen LogP contribution in [0.2, 0.25) is 0 Å². The lowest BCUT2D eigenvalue weighted by Gasteiger charge is -2.18. The van der Waals surface area contributed by atoms with E-state index < -0.39 is 0 Å². The fraction of sp³-hybridized carbons (Fsp3) is 0.300. The molecular weight excluding hydrogens is 342 g/mol. The van der Waals surface area contributed by atoms with Crippen molar-refractivity contribution in [2.24, 2.45) is 0 Å². The van der Waals surface area contributed by atoms with Crippen LogP contribution in [0.15, 0.2) is 47.3 Å². The first-order chi connectivity index (χ1) is 13.0. The number of anilines is 1. The Balaban J connectivity index is 1.71. The van der Waals surface area contributed by atoms with E-state index in [1.54, 1.807) is 18.2 Å². The summed E-state index contributed by atoms with van der Waals surface area (Å²) in [6, 6.07) is 12.4. The summed E-state index contributed by atoms with van der Waals surface area (Å²) in [5.74, 6) is 0. The molecule has 3 aromatic rings. The van der Waals surface area contributed by atoms with E-state index in [2.05, 4.69) is 20.9 Å². The highest BCUT2D eigenvalue weighted by Crippen LogP contribution is 2.13. The SMILES string of the molecule is CCC(Cn1nnc2ccccc2c1=O)NC(=O)Nc1cc(C)cc(C)c1. The van der Waals surface area contributed by atoms with E-state index in [1.807, 2.05) is 45.0 Å². The van der Waals surface area contributed by atoms with Crippen LogP contribution in [0.4, 0.5) is 10.5 Å². The molecule has 0 radical (unpaired) electrons. The molecule has 27 heavy (non-hydrogen) atoms. The maximum atomic E-state index is 12.6. The summed E-state index contributed by atoms with van der Waals surface area (Å²) in [6.45, 7) is 6.17. The molecule has 2 N–H and O–H groups in total. The summed E-state index contributed by atoms with van der Waals surface area (Å²) < 4.78 is 1.30. The first-order valence-electron chi connectivity index (χ1n) is 8.94. The second kappa shape index (κ2) is 7.99. The average molecular weight is 365 g/mol. The van der Waals surface area contributed by atoms with E-state index in [4.69, 9.17) is 0 Å². The lowest BCUT2D eigenvalue weighted by Crippen LogP contribution is -2.42. The third-order valence-electron chi connectivity index (χ3n) is 4.33. The maximum Gasteiger partial charge on any atom is 0.319 e. The Kier molecular flexibility index (Phi) is 5.49. The summed E-state index contributed by atoms with van der Waals surface area (Å²) in [7, 11) is 0. The van der Waals surface area contributed by atoms with E-state index in [-0.39, 0.29) is 24.2 Å². The monoisotopic (exact) mass is 365 g/mol. The molecule has 3 rings (SSSR count). The van der Waals surface area contributed by atoms with Gasteiger partial charge >= 0.3 is 6.03 Å². The number of hydrogen-bond donors (Lipinski definition) is 2. The van der Waals surface area contributed by atoms with Crippen LogP contribution in [-0.2, 0) is 6.54 Å². The fourth-order valence-corrected chi connectivity index (χ4v) is 3.03. The van der Waals surface area contributed by atoms with Crippen molar-refractivity contribution >= 4 is 22.6 Å². The highest BCUT2D eigenvalue weighted by atomic mass is 16.2. The average Bonchev–Trinajstić information content (AvgIpc) is 2.62. The van der Waals surface area contributed by atoms with Crippen molar-refractivity contribution in [1.29, 1.82) is 0 Å². The van der Waals surface area contributed by atoms with Crippen LogP contribution < -0.4 is 16.2 Å². The minimum Gasteiger partial charge on any atom is -0.333 e. The summed E-state index contributed by atoms with van der Waals surface area (Å²) in [6.07, 6.45) is 0.654. The number of urea groups is 1. The van der Waals surface area contributed by atoms with Crippen LogP contribution >= 0.6 is 0 Å². The standard InChI is InChI=1S/C20H23N5O2/c1-4-15(21-20(27)22-16-10-13(2)9-14(3)11-16)12-25-19(26)17-7-5-6-8-18(17)23-24-25/h5-11,15H,4,12H2,1-3H3,(H2,21,22,27). The van der Waals surface area contributed by atoms with E-state index in [0.717, 1.165) is 16.8 Å². The Morgan fingerprint density at radius 3 is 2.56 bits per heavy atom. The van der Waals surface area contributed by atoms with Gasteiger partial charge in [-0.2, -0.15) is 0 Å². The van der Waals surface area contributed by atoms with Crippen LogP contribution in [0.25, 0.3) is 10.9 Å². The molecule has 2 amide bonds. The van der Waals surface area contributed by atoms with E-state index in [0.29, 0.717) is 17.3 Å². The summed E-state index contributed by atoms with van der Waals surface area (Å²) >= 11 is 0. The third kappa shape index (κ3) is 4.49. The normalized spacial score (nSPS) is 12.0. The Morgan fingerprint density at radius 1 is 1.15 bits per heavy atom. The summed E-state index contributed by atoms with van der Waals surface area (Å²) in [5.41, 5.74) is 3.25. The van der Waals surface area contributed by atoms with Gasteiger partial charge in [0, 0.05) is 5.69 Å². The number of nitrogens with zero attached hydrogens (tertiary/aromatic N) is 3. The molecule has 0 aliphatic carbocycles. The van der Waals surface area contributed by atoms with Gasteiger partial charge in [-0.15, -0.1) is 5.10 Å². The molecule has 0 saturated heterocycles. The van der Waals surface area contributed by atoms with Crippen LogP contribution in [0.5, 0.6) is 0 Å². The van der Waals surface area contributed by atoms with E-state index in [1.165, 1.54) is 4.68 Å². The lowest BCUT2D eigenvalue weighted by atomic mass is 10.1. The molecule has 0 saturated carbocycles. The number of carbonyl (C=O) groups excluding carboxylic acids is 1. The van der Waals surface area contributed by atoms with Crippen molar-refractivity contribution in [2.75, 3.05) is 5.32 Å². The zero-order valence-electron chi connectivity index (χ0n) is 15.7. The van der Waals surface area contributed by atoms with Crippen molar-refractivity contribution in [1.82, 2.24) is 20.3 Å². The lowest BCUT2D eigenvalue weighted by molar-refractivity contribution is 0.245. The molecule has 7 nitrogen and oxygen atoms in total. The van der Waals surface area contributed by atoms with Crippen LogP contribution in [0, 0.1) is 13.8 Å². The zero-order chi connectivity index (χ0) is 19.4. The zero-order valence-corrected chi connectivity index (χ0v) is 15.7. The highest BCUT2D eigenvalue weighted by Gasteiger charge is 2.14. The summed E-state index contributed by atoms with van der Waals surface area (Å²) in [5, 5.41) is 14.3. The van der Waals surface area contributed by atoms with Crippen molar-refractivity contribution in [2.45, 2.75) is 39.8 Å². The largest absolute Gasteiger partial charge is 0.333 e. The molecule has 1 unspecified atom stereocenters. The number of hydrogen-bond acceptors (Lipinski definition) is 4. The minimum atomic E-state index is -0.311. The topological polar surface area (TPSA) is 88.9 Å². The molecule has 1 atom stereocenters. The fourth-order valence-electron chi connectivity index (χ4n) is 3.03. The van der Waals surface area contributed by atoms with Gasteiger partial charge in [0.2, 0.25) is 0 Å². The second-order valence-electron chi connectivity index (χ2n) is 6.67. The van der Waals surface area contributed by atoms with E-state index in [9.17, 15) is 9.59 Å². The quantitative estimate of drug-likeness (QED) is 0.727. The number of amides is 2. The molecule has 0 aliphatic rings. The van der Waals surface area contributed by atoms with Crippen LogP contribution in [0.3, 0.4) is 0 Å². The molecule has 7 heteroatoms. The van der Waals surface area contributed by atoms with Crippen molar-refractivity contribution in [3.63, 3.8) is 0 Å². The van der Waals surface area contributed by atoms with Gasteiger partial charge in [0.15, 0.2) is 0 Å². The van der Waals surface area contributed by atoms with Crippen LogP contribution in [-0.4, -0.2) is 27.1 Å². The van der Waals surface area contributed by atoms with Gasteiger partial charge in [-0.05, 0) is 55.7 Å². The maximum absolute atomic E-state index is 12.6. The Morgan fingerprint density at radius 2 is 1.85 bits per heavy atom. The first kappa shape index (κ1) is 18.6. The number of carbonyl (C=O) groups is 1. The van der Waals surface area contributed by atoms with Gasteiger partial charge in [0.05, 0.1) is 18.0 Å². The number of nitrogens with one attached hydrogen (secondary N) is 2. The molecule has 1 aromatic heterocycles. The molecular formula is C20H23N5O2. The predicted octanol–water partition coefficient (Wildman–Crippen LogP) is 3.01. The highest BCUT2D eigenvalue weighted by molar-refractivity contribution is 5.89. The first-order valence-corrected chi connectivity index (χ1v) is 8.94. The molecule has 1 heterocycles. The molecule has 0 aliphatic heterocycles. The number of rotatable bonds is 5. The Labute approximate surface area is 157 Å². The van der Waals surface area contributed by atoms with Crippen molar-refractivity contribution in [3.05, 3.63) is 63.9 Å². The Hall–Kier alpha value is -3.22. The van der Waals surface area contributed by atoms with Gasteiger partial charge in [-0.25, -0.2) is 9.48 Å².